The number of aliphatic hydroxyl groups excluding tert-OH is 1. The van der Waals surface area contributed by atoms with Crippen LogP contribution in [-0.2, 0) is 6.42 Å². The Morgan fingerprint density at radius 2 is 2.00 bits per heavy atom. The first kappa shape index (κ1) is 13.7. The van der Waals surface area contributed by atoms with Crippen LogP contribution >= 0.6 is 31.9 Å². The molecule has 1 N–H and O–H groups in total. The van der Waals surface area contributed by atoms with E-state index in [1.54, 1.807) is 0 Å². The van der Waals surface area contributed by atoms with Crippen LogP contribution in [0.3, 0.4) is 0 Å². The van der Waals surface area contributed by atoms with Gasteiger partial charge in [0.1, 0.15) is 0 Å². The van der Waals surface area contributed by atoms with Gasteiger partial charge in [0.2, 0.25) is 0 Å². The normalized spacial score (nSPS) is 12.4. The Hall–Kier alpha value is -0.710. The van der Waals surface area contributed by atoms with Gasteiger partial charge >= 0.3 is 0 Å². The summed E-state index contributed by atoms with van der Waals surface area (Å²) in [7, 11) is 0. The van der Waals surface area contributed by atoms with Crippen molar-refractivity contribution in [2.24, 2.45) is 0 Å². The highest BCUT2D eigenvalue weighted by Gasteiger charge is 2.13. The molecule has 2 rings (SSSR count). The largest absolute Gasteiger partial charge is 0.388 e. The van der Waals surface area contributed by atoms with E-state index in [0.29, 0.717) is 6.42 Å². The molecule has 1 unspecified atom stereocenters. The van der Waals surface area contributed by atoms with Crippen molar-refractivity contribution in [3.63, 3.8) is 0 Å². The molecule has 18 heavy (non-hydrogen) atoms. The van der Waals surface area contributed by atoms with E-state index < -0.39 is 6.10 Å². The molecule has 0 bridgehead atoms. The van der Waals surface area contributed by atoms with Crippen molar-refractivity contribution >= 4 is 31.9 Å². The SMILES string of the molecule is Cc1ccc(CC(O)c2cc(Br)ccc2Br)nc1. The lowest BCUT2D eigenvalue weighted by molar-refractivity contribution is 0.176. The summed E-state index contributed by atoms with van der Waals surface area (Å²) in [5, 5.41) is 10.3. The Morgan fingerprint density at radius 1 is 1.22 bits per heavy atom. The first-order chi connectivity index (χ1) is 8.56. The lowest BCUT2D eigenvalue weighted by atomic mass is 10.0. The highest BCUT2D eigenvalue weighted by atomic mass is 79.9. The number of nitrogens with zero attached hydrogens (tertiary/aromatic N) is 1. The van der Waals surface area contributed by atoms with E-state index in [2.05, 4.69) is 36.8 Å². The molecule has 2 nitrogen and oxygen atoms in total. The van der Waals surface area contributed by atoms with Crippen molar-refractivity contribution in [2.45, 2.75) is 19.4 Å². The molecular weight excluding hydrogens is 358 g/mol. The summed E-state index contributed by atoms with van der Waals surface area (Å²) in [5.74, 6) is 0. The van der Waals surface area contributed by atoms with Gasteiger partial charge in [-0.2, -0.15) is 0 Å². The number of halogens is 2. The van der Waals surface area contributed by atoms with Gasteiger partial charge in [0.05, 0.1) is 6.10 Å². The minimum absolute atomic E-state index is 0.509. The molecule has 4 heteroatoms. The Morgan fingerprint density at radius 3 is 2.67 bits per heavy atom. The van der Waals surface area contributed by atoms with E-state index in [4.69, 9.17) is 0 Å². The van der Waals surface area contributed by atoms with Gasteiger partial charge in [-0.1, -0.05) is 37.9 Å². The number of aliphatic hydroxyl groups is 1. The van der Waals surface area contributed by atoms with Gasteiger partial charge in [-0.15, -0.1) is 0 Å². The summed E-state index contributed by atoms with van der Waals surface area (Å²) in [4.78, 5) is 4.31. The van der Waals surface area contributed by atoms with Crippen LogP contribution in [0, 0.1) is 6.92 Å². The number of hydrogen-bond donors (Lipinski definition) is 1. The zero-order chi connectivity index (χ0) is 13.1. The van der Waals surface area contributed by atoms with Gasteiger partial charge in [0.25, 0.3) is 0 Å². The minimum Gasteiger partial charge on any atom is -0.388 e. The van der Waals surface area contributed by atoms with Crippen molar-refractivity contribution in [3.05, 3.63) is 62.3 Å². The maximum Gasteiger partial charge on any atom is 0.0856 e. The molecule has 0 saturated carbocycles. The highest BCUT2D eigenvalue weighted by Crippen LogP contribution is 2.28. The number of aryl methyl sites for hydroxylation is 1. The van der Waals surface area contributed by atoms with Gasteiger partial charge in [-0.25, -0.2) is 0 Å². The van der Waals surface area contributed by atoms with Gasteiger partial charge in [-0.05, 0) is 42.3 Å². The molecule has 2 aromatic rings. The Balaban J connectivity index is 2.18. The van der Waals surface area contributed by atoms with E-state index in [1.807, 2.05) is 43.5 Å². The summed E-state index contributed by atoms with van der Waals surface area (Å²) < 4.78 is 1.86. The molecule has 0 saturated heterocycles. The average molecular weight is 371 g/mol. The number of hydrogen-bond acceptors (Lipinski definition) is 2. The molecule has 0 amide bonds. The summed E-state index contributed by atoms with van der Waals surface area (Å²) in [6, 6.07) is 9.73. The molecule has 94 valence electrons. The van der Waals surface area contributed by atoms with Crippen LogP contribution < -0.4 is 0 Å². The van der Waals surface area contributed by atoms with Gasteiger partial charge in [0, 0.05) is 27.3 Å². The standard InChI is InChI=1S/C14H13Br2NO/c1-9-2-4-11(17-8-9)7-14(18)12-6-10(15)3-5-13(12)16/h2-6,8,14,18H,7H2,1H3. The lowest BCUT2D eigenvalue weighted by Gasteiger charge is -2.13. The third-order valence-corrected chi connectivity index (χ3v) is 3.91. The van der Waals surface area contributed by atoms with Gasteiger partial charge in [0.15, 0.2) is 0 Å². The molecule has 0 aliphatic rings. The van der Waals surface area contributed by atoms with Crippen molar-refractivity contribution in [1.82, 2.24) is 4.98 Å². The zero-order valence-electron chi connectivity index (χ0n) is 9.90. The molecule has 0 spiro atoms. The first-order valence-corrected chi connectivity index (χ1v) is 7.19. The molecule has 0 radical (unpaired) electrons. The fourth-order valence-corrected chi connectivity index (χ4v) is 2.59. The second-order valence-corrected chi connectivity index (χ2v) is 5.98. The van der Waals surface area contributed by atoms with E-state index in [0.717, 1.165) is 25.8 Å². The maximum atomic E-state index is 10.3. The van der Waals surface area contributed by atoms with Crippen LogP contribution in [0.25, 0.3) is 0 Å². The molecule has 0 aliphatic heterocycles. The molecule has 0 fully saturated rings. The molecular formula is C14H13Br2NO. The molecule has 1 heterocycles. The van der Waals surface area contributed by atoms with E-state index >= 15 is 0 Å². The minimum atomic E-state index is -0.563. The third-order valence-electron chi connectivity index (χ3n) is 2.69. The molecule has 0 aliphatic carbocycles. The van der Waals surface area contributed by atoms with E-state index in [9.17, 15) is 5.11 Å². The summed E-state index contributed by atoms with van der Waals surface area (Å²) in [6.45, 7) is 2.00. The van der Waals surface area contributed by atoms with Gasteiger partial charge in [-0.3, -0.25) is 4.98 Å². The van der Waals surface area contributed by atoms with Crippen molar-refractivity contribution in [2.75, 3.05) is 0 Å². The van der Waals surface area contributed by atoms with Crippen molar-refractivity contribution in [1.29, 1.82) is 0 Å². The Kier molecular flexibility index (Phi) is 4.54. The van der Waals surface area contributed by atoms with Crippen LogP contribution in [0.2, 0.25) is 0 Å². The quantitative estimate of drug-likeness (QED) is 0.878. The first-order valence-electron chi connectivity index (χ1n) is 5.61. The fourth-order valence-electron chi connectivity index (χ4n) is 1.70. The van der Waals surface area contributed by atoms with Crippen LogP contribution in [-0.4, -0.2) is 10.1 Å². The topological polar surface area (TPSA) is 33.1 Å². The van der Waals surface area contributed by atoms with Crippen molar-refractivity contribution in [3.8, 4) is 0 Å². The molecule has 1 atom stereocenters. The smallest absolute Gasteiger partial charge is 0.0856 e. The fraction of sp³-hybridized carbons (Fsp3) is 0.214. The Bertz CT molecular complexity index is 540. The number of aromatic nitrogens is 1. The monoisotopic (exact) mass is 369 g/mol. The van der Waals surface area contributed by atoms with Crippen LogP contribution in [0.5, 0.6) is 0 Å². The molecule has 1 aromatic carbocycles. The van der Waals surface area contributed by atoms with Crippen molar-refractivity contribution < 1.29 is 5.11 Å². The summed E-state index contributed by atoms with van der Waals surface area (Å²) in [6.07, 6.45) is 1.76. The molecule has 1 aromatic heterocycles. The average Bonchev–Trinajstić information content (AvgIpc) is 2.35. The highest BCUT2D eigenvalue weighted by molar-refractivity contribution is 9.11. The zero-order valence-corrected chi connectivity index (χ0v) is 13.1. The van der Waals surface area contributed by atoms with Crippen LogP contribution in [0.4, 0.5) is 0 Å². The van der Waals surface area contributed by atoms with Gasteiger partial charge < -0.3 is 5.11 Å². The number of pyridine rings is 1. The lowest BCUT2D eigenvalue weighted by Crippen LogP contribution is -2.04. The van der Waals surface area contributed by atoms with Crippen LogP contribution in [0.1, 0.15) is 22.9 Å². The number of benzene rings is 1. The predicted molar refractivity (Wildman–Crippen MR) is 79.5 cm³/mol. The maximum absolute atomic E-state index is 10.3. The van der Waals surface area contributed by atoms with Crippen LogP contribution in [0.15, 0.2) is 45.5 Å². The second-order valence-electron chi connectivity index (χ2n) is 4.21. The predicted octanol–water partition coefficient (Wildman–Crippen LogP) is 4.19. The van der Waals surface area contributed by atoms with E-state index in [1.165, 1.54) is 0 Å². The summed E-state index contributed by atoms with van der Waals surface area (Å²) >= 11 is 6.87. The Labute approximate surface area is 123 Å². The third kappa shape index (κ3) is 3.40. The number of rotatable bonds is 3. The van der Waals surface area contributed by atoms with E-state index in [-0.39, 0.29) is 0 Å². The second kappa shape index (κ2) is 5.95. The summed E-state index contributed by atoms with van der Waals surface area (Å²) in [5.41, 5.74) is 2.88.